The van der Waals surface area contributed by atoms with E-state index in [2.05, 4.69) is 15.0 Å². The number of carbonyl (C=O) groups is 1. The first-order chi connectivity index (χ1) is 13.0. The van der Waals surface area contributed by atoms with Crippen molar-refractivity contribution in [3.05, 3.63) is 80.3 Å². The van der Waals surface area contributed by atoms with E-state index < -0.39 is 5.97 Å². The maximum Gasteiger partial charge on any atom is 0.335 e. The van der Waals surface area contributed by atoms with Gasteiger partial charge in [-0.15, -0.1) is 0 Å². The minimum Gasteiger partial charge on any atom is -0.493 e. The van der Waals surface area contributed by atoms with Gasteiger partial charge in [-0.1, -0.05) is 29.5 Å². The number of aromatic carboxylic acids is 1. The Morgan fingerprint density at radius 3 is 2.52 bits per heavy atom. The molecule has 0 saturated carbocycles. The first kappa shape index (κ1) is 16.9. The van der Waals surface area contributed by atoms with Gasteiger partial charge in [0.25, 0.3) is 0 Å². The topological polar surface area (TPSA) is 99.5 Å². The van der Waals surface area contributed by atoms with Crippen LogP contribution in [0.3, 0.4) is 0 Å². The van der Waals surface area contributed by atoms with Gasteiger partial charge in [0.2, 0.25) is 5.88 Å². The maximum absolute atomic E-state index is 11.1. The third-order valence-corrected chi connectivity index (χ3v) is 5.02. The molecule has 0 bridgehead atoms. The first-order valence-corrected chi connectivity index (χ1v) is 8.84. The second-order valence-corrected chi connectivity index (χ2v) is 6.82. The van der Waals surface area contributed by atoms with Crippen molar-refractivity contribution >= 4 is 29.1 Å². The van der Waals surface area contributed by atoms with Crippen LogP contribution in [0.5, 0.6) is 5.88 Å². The van der Waals surface area contributed by atoms with E-state index in [4.69, 9.17) is 5.11 Å². The summed E-state index contributed by atoms with van der Waals surface area (Å²) in [7, 11) is 1.69. The number of benzene rings is 2. The summed E-state index contributed by atoms with van der Waals surface area (Å²) in [6.07, 6.45) is 1.70. The van der Waals surface area contributed by atoms with Gasteiger partial charge in [0.05, 0.1) is 26.8 Å². The highest BCUT2D eigenvalue weighted by Crippen LogP contribution is 2.24. The molecule has 0 aliphatic carbocycles. The van der Waals surface area contributed by atoms with Gasteiger partial charge in [-0.25, -0.2) is 19.8 Å². The van der Waals surface area contributed by atoms with E-state index in [0.717, 1.165) is 10.7 Å². The van der Waals surface area contributed by atoms with Crippen molar-refractivity contribution in [2.75, 3.05) is 0 Å². The molecule has 2 heterocycles. The molecule has 8 heteroatoms. The highest BCUT2D eigenvalue weighted by atomic mass is 32.1. The summed E-state index contributed by atoms with van der Waals surface area (Å²) in [4.78, 5) is 25.5. The fraction of sp³-hybridized carbons (Fsp3) is 0.0526. The Labute approximate surface area is 157 Å². The largest absolute Gasteiger partial charge is 0.493 e. The van der Waals surface area contributed by atoms with Gasteiger partial charge >= 0.3 is 5.97 Å². The normalized spacial score (nSPS) is 13.1. The van der Waals surface area contributed by atoms with Gasteiger partial charge in [-0.3, -0.25) is 4.57 Å². The van der Waals surface area contributed by atoms with E-state index in [9.17, 15) is 9.90 Å². The minimum absolute atomic E-state index is 0.0435. The van der Waals surface area contributed by atoms with E-state index in [1.54, 1.807) is 25.3 Å². The van der Waals surface area contributed by atoms with Crippen LogP contribution < -0.4 is 15.5 Å². The highest BCUT2D eigenvalue weighted by molar-refractivity contribution is 7.10. The van der Waals surface area contributed by atoms with Gasteiger partial charge in [-0.2, -0.15) is 0 Å². The average molecular weight is 378 g/mol. The molecule has 1 aliphatic heterocycles. The van der Waals surface area contributed by atoms with Gasteiger partial charge < -0.3 is 10.2 Å². The van der Waals surface area contributed by atoms with Gasteiger partial charge in [0, 0.05) is 13.1 Å². The lowest BCUT2D eigenvalue weighted by Gasteiger charge is -1.97. The van der Waals surface area contributed by atoms with Crippen LogP contribution in [0.1, 0.15) is 15.2 Å². The monoisotopic (exact) mass is 378 g/mol. The summed E-state index contributed by atoms with van der Waals surface area (Å²) in [5, 5.41) is 21.1. The number of fused-ring (bicyclic) bond motifs is 1. The molecule has 4 rings (SSSR count). The lowest BCUT2D eigenvalue weighted by Crippen LogP contribution is -2.19. The molecule has 0 amide bonds. The van der Waals surface area contributed by atoms with Gasteiger partial charge in [0.15, 0.2) is 10.6 Å². The molecule has 0 fully saturated rings. The van der Waals surface area contributed by atoms with Crippen LogP contribution in [0.2, 0.25) is 0 Å². The van der Waals surface area contributed by atoms with Crippen LogP contribution in [0.15, 0.2) is 69.3 Å². The smallest absolute Gasteiger partial charge is 0.335 e. The number of thiazole rings is 1. The summed E-state index contributed by atoms with van der Waals surface area (Å²) < 4.78 is 1.53. The second kappa shape index (κ2) is 6.65. The number of carboxylic acids is 1. The average Bonchev–Trinajstić information content (AvgIpc) is 3.18. The molecule has 0 radical (unpaired) electrons. The molecule has 2 aromatic carbocycles. The Balaban J connectivity index is 1.76. The van der Waals surface area contributed by atoms with Crippen molar-refractivity contribution in [3.63, 3.8) is 0 Å². The Morgan fingerprint density at radius 2 is 1.85 bits per heavy atom. The zero-order valence-electron chi connectivity index (χ0n) is 14.2. The Kier molecular flexibility index (Phi) is 4.17. The van der Waals surface area contributed by atoms with Crippen molar-refractivity contribution in [3.8, 4) is 5.88 Å². The summed E-state index contributed by atoms with van der Waals surface area (Å²) in [6, 6.07) is 13.9. The van der Waals surface area contributed by atoms with E-state index in [0.29, 0.717) is 21.2 Å². The molecule has 3 aromatic rings. The third-order valence-electron chi connectivity index (χ3n) is 3.96. The fourth-order valence-corrected chi connectivity index (χ4v) is 3.55. The molecule has 27 heavy (non-hydrogen) atoms. The van der Waals surface area contributed by atoms with Gasteiger partial charge in [0.1, 0.15) is 0 Å². The van der Waals surface area contributed by atoms with Crippen LogP contribution in [-0.4, -0.2) is 20.7 Å². The SMILES string of the molecule is Cn1c(O)c(C=C2N=c3ccccc3=N2)sc1=Nc1cccc(C(=O)O)c1. The summed E-state index contributed by atoms with van der Waals surface area (Å²) in [5.41, 5.74) is 0.650. The molecule has 2 N–H and O–H groups in total. The van der Waals surface area contributed by atoms with E-state index >= 15 is 0 Å². The molecule has 134 valence electrons. The number of rotatable bonds is 3. The van der Waals surface area contributed by atoms with Crippen molar-refractivity contribution in [1.82, 2.24) is 4.57 Å². The van der Waals surface area contributed by atoms with Crippen molar-refractivity contribution < 1.29 is 15.0 Å². The minimum atomic E-state index is -1.01. The molecule has 1 aliphatic rings. The number of aromatic nitrogens is 1. The predicted octanol–water partition coefficient (Wildman–Crippen LogP) is 1.97. The molecule has 1 aromatic heterocycles. The second-order valence-electron chi connectivity index (χ2n) is 5.81. The summed E-state index contributed by atoms with van der Waals surface area (Å²) >= 11 is 1.26. The number of aromatic hydroxyl groups is 1. The van der Waals surface area contributed by atoms with Crippen LogP contribution in [-0.2, 0) is 7.05 Å². The molecular weight excluding hydrogens is 364 g/mol. The maximum atomic E-state index is 11.1. The van der Waals surface area contributed by atoms with Crippen LogP contribution >= 0.6 is 11.3 Å². The Morgan fingerprint density at radius 1 is 1.15 bits per heavy atom. The molecular formula is C19H14N4O3S. The van der Waals surface area contributed by atoms with Gasteiger partial charge in [-0.05, 0) is 30.3 Å². The quantitative estimate of drug-likeness (QED) is 0.729. The van der Waals surface area contributed by atoms with E-state index in [1.807, 2.05) is 24.3 Å². The summed E-state index contributed by atoms with van der Waals surface area (Å²) in [5.74, 6) is -0.463. The number of carboxylic acid groups (broad SMARTS) is 1. The van der Waals surface area contributed by atoms with E-state index in [1.165, 1.54) is 28.0 Å². The van der Waals surface area contributed by atoms with E-state index in [-0.39, 0.29) is 11.4 Å². The summed E-state index contributed by atoms with van der Waals surface area (Å²) in [6.45, 7) is 0. The molecule has 0 atom stereocenters. The van der Waals surface area contributed by atoms with Crippen LogP contribution in [0, 0.1) is 0 Å². The highest BCUT2D eigenvalue weighted by Gasteiger charge is 2.11. The standard InChI is InChI=1S/C19H14N4O3S/c1-23-17(24)15(10-16-21-13-7-2-3-8-14(13)22-16)27-19(23)20-12-6-4-5-11(9-12)18(25)26/h2-10,24H,1H3,(H,25,26). The first-order valence-electron chi connectivity index (χ1n) is 8.02. The Bertz CT molecular complexity index is 1250. The number of hydrogen-bond acceptors (Lipinski definition) is 6. The molecule has 0 unspecified atom stereocenters. The Hall–Kier alpha value is -3.52. The number of hydrogen-bond donors (Lipinski definition) is 2. The van der Waals surface area contributed by atoms with Crippen molar-refractivity contribution in [2.45, 2.75) is 0 Å². The molecule has 7 nitrogen and oxygen atoms in total. The zero-order chi connectivity index (χ0) is 19.0. The zero-order valence-corrected chi connectivity index (χ0v) is 15.0. The lowest BCUT2D eigenvalue weighted by atomic mass is 10.2. The molecule has 0 spiro atoms. The van der Waals surface area contributed by atoms with Crippen molar-refractivity contribution in [1.29, 1.82) is 0 Å². The number of para-hydroxylation sites is 2. The molecule has 0 saturated heterocycles. The predicted molar refractivity (Wildman–Crippen MR) is 100 cm³/mol. The van der Waals surface area contributed by atoms with Crippen LogP contribution in [0.4, 0.5) is 5.69 Å². The van der Waals surface area contributed by atoms with Crippen LogP contribution in [0.25, 0.3) is 6.08 Å². The lowest BCUT2D eigenvalue weighted by molar-refractivity contribution is 0.0697. The number of nitrogens with zero attached hydrogens (tertiary/aromatic N) is 4. The fourth-order valence-electron chi connectivity index (χ4n) is 2.59. The third kappa shape index (κ3) is 3.30. The van der Waals surface area contributed by atoms with Crippen molar-refractivity contribution in [2.24, 2.45) is 22.0 Å².